The molecule has 0 atom stereocenters. The van der Waals surface area contributed by atoms with Gasteiger partial charge in [0.15, 0.2) is 0 Å². The monoisotopic (exact) mass is 284 g/mol. The summed E-state index contributed by atoms with van der Waals surface area (Å²) in [5.41, 5.74) is 1.97. The van der Waals surface area contributed by atoms with Crippen LogP contribution in [0.1, 0.15) is 18.9 Å². The van der Waals surface area contributed by atoms with Crippen LogP contribution in [0.25, 0.3) is 0 Å². The maximum Gasteiger partial charge on any atom is 0.238 e. The zero-order valence-corrected chi connectivity index (χ0v) is 11.2. The number of amides is 1. The summed E-state index contributed by atoms with van der Waals surface area (Å²) in [4.78, 5) is 11.5. The van der Waals surface area contributed by atoms with E-state index in [0.717, 1.165) is 28.7 Å². The van der Waals surface area contributed by atoms with Crippen molar-refractivity contribution in [3.8, 4) is 0 Å². The average Bonchev–Trinajstić information content (AvgIpc) is 2.23. The van der Waals surface area contributed by atoms with Crippen molar-refractivity contribution < 1.29 is 4.79 Å². The van der Waals surface area contributed by atoms with E-state index in [4.69, 9.17) is 0 Å². The minimum atomic E-state index is -0.0157. The Hall–Kier alpha value is -0.870. The summed E-state index contributed by atoms with van der Waals surface area (Å²) < 4.78 is 0.913. The zero-order chi connectivity index (χ0) is 12.0. The smallest absolute Gasteiger partial charge is 0.238 e. The number of carbonyl (C=O) groups is 1. The Morgan fingerprint density at radius 1 is 1.44 bits per heavy atom. The average molecular weight is 285 g/mol. The zero-order valence-electron chi connectivity index (χ0n) is 9.64. The highest BCUT2D eigenvalue weighted by molar-refractivity contribution is 9.10. The van der Waals surface area contributed by atoms with Crippen LogP contribution in [0.5, 0.6) is 0 Å². The molecule has 88 valence electrons. The molecule has 4 heteroatoms. The summed E-state index contributed by atoms with van der Waals surface area (Å²) in [6.07, 6.45) is 1.03. The Bertz CT molecular complexity index is 366. The van der Waals surface area contributed by atoms with Crippen LogP contribution in [-0.2, 0) is 4.79 Å². The molecule has 1 aromatic rings. The van der Waals surface area contributed by atoms with E-state index in [1.54, 1.807) is 0 Å². The summed E-state index contributed by atoms with van der Waals surface area (Å²) in [6.45, 7) is 5.30. The van der Waals surface area contributed by atoms with Gasteiger partial charge in [-0.15, -0.1) is 0 Å². The van der Waals surface area contributed by atoms with Gasteiger partial charge in [0.05, 0.1) is 12.2 Å². The molecule has 0 radical (unpaired) electrons. The van der Waals surface area contributed by atoms with Gasteiger partial charge in [0.2, 0.25) is 5.91 Å². The Labute approximate surface area is 105 Å². The molecule has 0 saturated heterocycles. The number of hydrogen-bond donors (Lipinski definition) is 2. The Morgan fingerprint density at radius 3 is 2.81 bits per heavy atom. The van der Waals surface area contributed by atoms with Crippen LogP contribution >= 0.6 is 15.9 Å². The van der Waals surface area contributed by atoms with Gasteiger partial charge < -0.3 is 10.6 Å². The van der Waals surface area contributed by atoms with Gasteiger partial charge in [-0.05, 0) is 53.5 Å². The van der Waals surface area contributed by atoms with Crippen LogP contribution in [0.4, 0.5) is 5.69 Å². The van der Waals surface area contributed by atoms with Crippen LogP contribution < -0.4 is 10.6 Å². The molecule has 1 aromatic carbocycles. The number of nitrogens with one attached hydrogen (secondary N) is 2. The lowest BCUT2D eigenvalue weighted by molar-refractivity contribution is -0.115. The third-order valence-electron chi connectivity index (χ3n) is 2.11. The second-order valence-electron chi connectivity index (χ2n) is 3.71. The van der Waals surface area contributed by atoms with E-state index in [1.165, 1.54) is 0 Å². The molecule has 0 bridgehead atoms. The normalized spacial score (nSPS) is 10.2. The molecule has 0 heterocycles. The molecule has 0 aliphatic carbocycles. The van der Waals surface area contributed by atoms with Gasteiger partial charge in [-0.1, -0.05) is 13.0 Å². The van der Waals surface area contributed by atoms with E-state index < -0.39 is 0 Å². The third-order valence-corrected chi connectivity index (χ3v) is 2.77. The minimum absolute atomic E-state index is 0.0157. The second kappa shape index (κ2) is 6.66. The van der Waals surface area contributed by atoms with Crippen LogP contribution in [0.15, 0.2) is 22.7 Å². The molecular weight excluding hydrogens is 268 g/mol. The van der Waals surface area contributed by atoms with Gasteiger partial charge in [0.25, 0.3) is 0 Å². The SMILES string of the molecule is CCCNCC(=O)Nc1ccc(C)cc1Br. The van der Waals surface area contributed by atoms with Gasteiger partial charge in [0, 0.05) is 4.47 Å². The van der Waals surface area contributed by atoms with Crippen molar-refractivity contribution in [2.24, 2.45) is 0 Å². The maximum absolute atomic E-state index is 11.5. The molecule has 0 unspecified atom stereocenters. The molecule has 1 amide bonds. The summed E-state index contributed by atoms with van der Waals surface area (Å²) in [6, 6.07) is 5.85. The van der Waals surface area contributed by atoms with Gasteiger partial charge in [-0.3, -0.25) is 4.79 Å². The highest BCUT2D eigenvalue weighted by Crippen LogP contribution is 2.22. The molecule has 1 rings (SSSR count). The number of hydrogen-bond acceptors (Lipinski definition) is 2. The molecule has 0 spiro atoms. The van der Waals surface area contributed by atoms with Gasteiger partial charge in [-0.25, -0.2) is 0 Å². The lowest BCUT2D eigenvalue weighted by Crippen LogP contribution is -2.28. The molecule has 0 aliphatic heterocycles. The fraction of sp³-hybridized carbons (Fsp3) is 0.417. The predicted octanol–water partition coefficient (Wildman–Crippen LogP) is 2.70. The predicted molar refractivity (Wildman–Crippen MR) is 70.7 cm³/mol. The van der Waals surface area contributed by atoms with Crippen molar-refractivity contribution in [1.82, 2.24) is 5.32 Å². The lowest BCUT2D eigenvalue weighted by atomic mass is 10.2. The van der Waals surface area contributed by atoms with E-state index in [9.17, 15) is 4.79 Å². The first-order chi connectivity index (χ1) is 7.63. The molecule has 16 heavy (non-hydrogen) atoms. The van der Waals surface area contributed by atoms with Crippen molar-refractivity contribution in [3.05, 3.63) is 28.2 Å². The highest BCUT2D eigenvalue weighted by Gasteiger charge is 2.04. The third kappa shape index (κ3) is 4.33. The lowest BCUT2D eigenvalue weighted by Gasteiger charge is -2.08. The summed E-state index contributed by atoms with van der Waals surface area (Å²) in [5.74, 6) is -0.0157. The minimum Gasteiger partial charge on any atom is -0.324 e. The van der Waals surface area contributed by atoms with E-state index >= 15 is 0 Å². The van der Waals surface area contributed by atoms with E-state index in [-0.39, 0.29) is 5.91 Å². The summed E-state index contributed by atoms with van der Waals surface area (Å²) in [5, 5.41) is 5.91. The molecule has 2 N–H and O–H groups in total. The Morgan fingerprint density at radius 2 is 2.19 bits per heavy atom. The Kier molecular flexibility index (Phi) is 5.49. The maximum atomic E-state index is 11.5. The molecular formula is C12H17BrN2O. The van der Waals surface area contributed by atoms with Crippen LogP contribution in [0.3, 0.4) is 0 Å². The number of anilines is 1. The molecule has 0 saturated carbocycles. The second-order valence-corrected chi connectivity index (χ2v) is 4.56. The van der Waals surface area contributed by atoms with Crippen molar-refractivity contribution in [3.63, 3.8) is 0 Å². The fourth-order valence-corrected chi connectivity index (χ4v) is 1.89. The topological polar surface area (TPSA) is 41.1 Å². The van der Waals surface area contributed by atoms with Crippen LogP contribution in [-0.4, -0.2) is 19.0 Å². The van der Waals surface area contributed by atoms with Crippen molar-refractivity contribution >= 4 is 27.5 Å². The van der Waals surface area contributed by atoms with Crippen LogP contribution in [0, 0.1) is 6.92 Å². The van der Waals surface area contributed by atoms with Gasteiger partial charge >= 0.3 is 0 Å². The van der Waals surface area contributed by atoms with Gasteiger partial charge in [0.1, 0.15) is 0 Å². The number of carbonyl (C=O) groups excluding carboxylic acids is 1. The standard InChI is InChI=1S/C12H17BrN2O/c1-3-6-14-8-12(16)15-11-5-4-9(2)7-10(11)13/h4-5,7,14H,3,6,8H2,1-2H3,(H,15,16). The molecule has 0 aromatic heterocycles. The number of halogens is 1. The Balaban J connectivity index is 2.49. The van der Waals surface area contributed by atoms with E-state index in [2.05, 4.69) is 33.5 Å². The fourth-order valence-electron chi connectivity index (χ4n) is 1.29. The van der Waals surface area contributed by atoms with E-state index in [0.29, 0.717) is 6.54 Å². The summed E-state index contributed by atoms with van der Waals surface area (Å²) >= 11 is 3.42. The van der Waals surface area contributed by atoms with Crippen molar-refractivity contribution in [2.45, 2.75) is 20.3 Å². The number of rotatable bonds is 5. The van der Waals surface area contributed by atoms with Crippen molar-refractivity contribution in [1.29, 1.82) is 0 Å². The first-order valence-electron chi connectivity index (χ1n) is 5.40. The van der Waals surface area contributed by atoms with Crippen molar-refractivity contribution in [2.75, 3.05) is 18.4 Å². The first kappa shape index (κ1) is 13.2. The van der Waals surface area contributed by atoms with Crippen LogP contribution in [0.2, 0.25) is 0 Å². The number of benzene rings is 1. The first-order valence-corrected chi connectivity index (χ1v) is 6.19. The van der Waals surface area contributed by atoms with Gasteiger partial charge in [-0.2, -0.15) is 0 Å². The highest BCUT2D eigenvalue weighted by atomic mass is 79.9. The number of aryl methyl sites for hydroxylation is 1. The largest absolute Gasteiger partial charge is 0.324 e. The quantitative estimate of drug-likeness (QED) is 0.817. The molecule has 0 fully saturated rings. The molecule has 0 aliphatic rings. The van der Waals surface area contributed by atoms with E-state index in [1.807, 2.05) is 25.1 Å². The summed E-state index contributed by atoms with van der Waals surface area (Å²) in [7, 11) is 0. The molecule has 3 nitrogen and oxygen atoms in total.